The summed E-state index contributed by atoms with van der Waals surface area (Å²) in [5, 5.41) is 2.61. The summed E-state index contributed by atoms with van der Waals surface area (Å²) >= 11 is 0. The van der Waals surface area contributed by atoms with Gasteiger partial charge in [-0.3, -0.25) is 14.4 Å². The van der Waals surface area contributed by atoms with Gasteiger partial charge in [0.1, 0.15) is 5.41 Å². The van der Waals surface area contributed by atoms with Crippen molar-refractivity contribution in [2.45, 2.75) is 51.2 Å². The first-order valence-electron chi connectivity index (χ1n) is 11.7. The average Bonchev–Trinajstić information content (AvgIpc) is 2.96. The zero-order valence-electron chi connectivity index (χ0n) is 20.0. The first-order chi connectivity index (χ1) is 16.6. The number of nitrogens with zero attached hydrogens (tertiary/aromatic N) is 1. The third kappa shape index (κ3) is 5.69. The zero-order valence-corrected chi connectivity index (χ0v) is 20.0. The minimum atomic E-state index is -4.49. The lowest BCUT2D eigenvalue weighted by molar-refractivity contribution is -0.155. The molecule has 35 heavy (non-hydrogen) atoms. The summed E-state index contributed by atoms with van der Waals surface area (Å²) in [6, 6.07) is 4.69. The van der Waals surface area contributed by atoms with Crippen LogP contribution in [0, 0.1) is 11.3 Å². The molecule has 1 N–H and O–H groups in total. The van der Waals surface area contributed by atoms with Crippen molar-refractivity contribution in [1.29, 1.82) is 0 Å². The molecule has 1 fully saturated rings. The Morgan fingerprint density at radius 1 is 1.23 bits per heavy atom. The maximum absolute atomic E-state index is 13.5. The normalized spacial score (nSPS) is 22.3. The van der Waals surface area contributed by atoms with Crippen molar-refractivity contribution in [1.82, 2.24) is 10.2 Å². The van der Waals surface area contributed by atoms with Crippen LogP contribution in [0.5, 0.6) is 0 Å². The van der Waals surface area contributed by atoms with Crippen LogP contribution in [0.3, 0.4) is 0 Å². The van der Waals surface area contributed by atoms with Crippen molar-refractivity contribution in [2.24, 2.45) is 11.3 Å². The Labute approximate surface area is 202 Å². The van der Waals surface area contributed by atoms with Crippen LogP contribution in [0.25, 0.3) is 0 Å². The van der Waals surface area contributed by atoms with Crippen LogP contribution in [0.4, 0.5) is 13.2 Å². The Morgan fingerprint density at radius 3 is 2.69 bits per heavy atom. The van der Waals surface area contributed by atoms with E-state index in [2.05, 4.69) is 5.32 Å². The number of esters is 1. The van der Waals surface area contributed by atoms with Crippen LogP contribution >= 0.6 is 0 Å². The highest BCUT2D eigenvalue weighted by molar-refractivity contribution is 5.98. The molecule has 0 spiro atoms. The van der Waals surface area contributed by atoms with Gasteiger partial charge in [-0.2, -0.15) is 13.2 Å². The number of hydrogen-bond donors (Lipinski definition) is 1. The molecule has 1 aromatic rings. The van der Waals surface area contributed by atoms with Crippen LogP contribution in [0.2, 0.25) is 0 Å². The number of ether oxygens (including phenoxy) is 2. The zero-order chi connectivity index (χ0) is 25.6. The molecule has 0 aromatic heterocycles. The number of carbonyl (C=O) groups excluding carboxylic acids is 3. The van der Waals surface area contributed by atoms with Crippen molar-refractivity contribution in [3.63, 3.8) is 0 Å². The number of halogens is 3. The average molecular weight is 497 g/mol. The summed E-state index contributed by atoms with van der Waals surface area (Å²) in [5.74, 6) is -2.35. The standard InChI is InChI=1S/C25H31F3N2O5/c1-34-13-7-12-30-20-10-4-3-5-11-24(20,23(33)35-2)19(22(30)32)15-21(31)29-16-17-8-6-9-18(14-17)25(26,27)28/h6,8-10,14,19H,3-5,7,11-13,15-16H2,1-2H3,(H,29,31)/t19-,24+/m0/s1. The van der Waals surface area contributed by atoms with Gasteiger partial charge in [-0.05, 0) is 43.4 Å². The third-order valence-electron chi connectivity index (χ3n) is 6.68. The lowest BCUT2D eigenvalue weighted by Gasteiger charge is -2.31. The maximum Gasteiger partial charge on any atom is 0.416 e. The van der Waals surface area contributed by atoms with Gasteiger partial charge >= 0.3 is 12.1 Å². The molecule has 0 radical (unpaired) electrons. The van der Waals surface area contributed by atoms with Gasteiger partial charge in [-0.15, -0.1) is 0 Å². The number of rotatable bonds is 9. The van der Waals surface area contributed by atoms with Gasteiger partial charge in [0.15, 0.2) is 0 Å². The molecule has 0 unspecified atom stereocenters. The van der Waals surface area contributed by atoms with Crippen molar-refractivity contribution in [2.75, 3.05) is 27.4 Å². The van der Waals surface area contributed by atoms with Crippen molar-refractivity contribution in [3.8, 4) is 0 Å². The van der Waals surface area contributed by atoms with Crippen LogP contribution < -0.4 is 5.32 Å². The summed E-state index contributed by atoms with van der Waals surface area (Å²) in [7, 11) is 2.83. The van der Waals surface area contributed by atoms with E-state index in [0.29, 0.717) is 44.5 Å². The van der Waals surface area contributed by atoms with Crippen LogP contribution in [-0.4, -0.2) is 50.1 Å². The van der Waals surface area contributed by atoms with Crippen LogP contribution in [-0.2, 0) is 36.6 Å². The van der Waals surface area contributed by atoms with Crippen molar-refractivity contribution >= 4 is 17.8 Å². The second kappa shape index (κ2) is 11.2. The molecule has 10 heteroatoms. The largest absolute Gasteiger partial charge is 0.468 e. The summed E-state index contributed by atoms with van der Waals surface area (Å²) in [6.07, 6.45) is 0.316. The number of hydrogen-bond acceptors (Lipinski definition) is 5. The molecule has 3 rings (SSSR count). The Morgan fingerprint density at radius 2 is 2.00 bits per heavy atom. The Hall–Kier alpha value is -2.88. The number of methoxy groups -OCH3 is 2. The van der Waals surface area contributed by atoms with E-state index in [1.54, 1.807) is 12.0 Å². The van der Waals surface area contributed by atoms with Gasteiger partial charge < -0.3 is 19.7 Å². The first-order valence-corrected chi connectivity index (χ1v) is 11.7. The number of nitrogens with one attached hydrogen (secondary N) is 1. The molecule has 2 atom stereocenters. The Kier molecular flexibility index (Phi) is 8.58. The number of amides is 2. The second-order valence-electron chi connectivity index (χ2n) is 8.87. The Bertz CT molecular complexity index is 978. The summed E-state index contributed by atoms with van der Waals surface area (Å²) in [4.78, 5) is 41.1. The van der Waals surface area contributed by atoms with E-state index >= 15 is 0 Å². The number of benzene rings is 1. The van der Waals surface area contributed by atoms with E-state index < -0.39 is 34.9 Å². The highest BCUT2D eigenvalue weighted by atomic mass is 19.4. The molecule has 0 bridgehead atoms. The molecular formula is C25H31F3N2O5. The lowest BCUT2D eigenvalue weighted by Crippen LogP contribution is -2.41. The molecule has 1 aliphatic carbocycles. The molecule has 192 valence electrons. The van der Waals surface area contributed by atoms with Crippen molar-refractivity contribution in [3.05, 3.63) is 47.2 Å². The SMILES string of the molecule is COCCCN1C(=O)[C@H](CC(=O)NCc2cccc(C(F)(F)F)c2)[C@]2(C(=O)OC)CCCCC=C12. The topological polar surface area (TPSA) is 84.9 Å². The second-order valence-corrected chi connectivity index (χ2v) is 8.87. The van der Waals surface area contributed by atoms with E-state index in [0.717, 1.165) is 18.6 Å². The molecule has 7 nitrogen and oxygen atoms in total. The maximum atomic E-state index is 13.5. The van der Waals surface area contributed by atoms with Gasteiger partial charge in [0.05, 0.1) is 18.6 Å². The number of likely N-dealkylation sites (tertiary alicyclic amines) is 1. The summed E-state index contributed by atoms with van der Waals surface area (Å²) < 4.78 is 49.2. The van der Waals surface area contributed by atoms with Gasteiger partial charge in [-0.25, -0.2) is 0 Å². The van der Waals surface area contributed by atoms with E-state index in [4.69, 9.17) is 9.47 Å². The van der Waals surface area contributed by atoms with Gasteiger partial charge in [0.2, 0.25) is 11.8 Å². The lowest BCUT2D eigenvalue weighted by atomic mass is 9.71. The highest BCUT2D eigenvalue weighted by Gasteiger charge is 2.61. The molecule has 1 heterocycles. The number of carbonyl (C=O) groups is 3. The molecular weight excluding hydrogens is 465 g/mol. The van der Waals surface area contributed by atoms with Crippen LogP contribution in [0.1, 0.15) is 49.7 Å². The fourth-order valence-electron chi connectivity index (χ4n) is 5.02. The van der Waals surface area contributed by atoms with Gasteiger partial charge in [0, 0.05) is 38.9 Å². The quantitative estimate of drug-likeness (QED) is 0.415. The highest BCUT2D eigenvalue weighted by Crippen LogP contribution is 2.53. The molecule has 2 aliphatic rings. The van der Waals surface area contributed by atoms with Crippen LogP contribution in [0.15, 0.2) is 36.0 Å². The summed E-state index contributed by atoms with van der Waals surface area (Å²) in [5.41, 5.74) is -1.20. The van der Waals surface area contributed by atoms with E-state index in [9.17, 15) is 27.6 Å². The molecule has 0 saturated carbocycles. The first kappa shape index (κ1) is 26.7. The molecule has 1 aliphatic heterocycles. The third-order valence-corrected chi connectivity index (χ3v) is 6.68. The smallest absolute Gasteiger partial charge is 0.416 e. The number of fused-ring (bicyclic) bond motifs is 1. The number of allylic oxidation sites excluding steroid dienone is 1. The van der Waals surface area contributed by atoms with E-state index in [1.165, 1.54) is 19.2 Å². The summed E-state index contributed by atoms with van der Waals surface area (Å²) in [6.45, 7) is 0.652. The Balaban J connectivity index is 1.82. The van der Waals surface area contributed by atoms with E-state index in [-0.39, 0.29) is 24.4 Å². The predicted octanol–water partition coefficient (Wildman–Crippen LogP) is 3.82. The van der Waals surface area contributed by atoms with Crippen molar-refractivity contribution < 1.29 is 37.0 Å². The molecule has 1 aromatic carbocycles. The monoisotopic (exact) mass is 496 g/mol. The molecule has 1 saturated heterocycles. The minimum absolute atomic E-state index is 0.130. The predicted molar refractivity (Wildman–Crippen MR) is 121 cm³/mol. The van der Waals surface area contributed by atoms with Gasteiger partial charge in [0.25, 0.3) is 0 Å². The fraction of sp³-hybridized carbons (Fsp3) is 0.560. The number of alkyl halides is 3. The van der Waals surface area contributed by atoms with Gasteiger partial charge in [-0.1, -0.05) is 24.6 Å². The fourth-order valence-corrected chi connectivity index (χ4v) is 5.02. The molecule has 2 amide bonds. The minimum Gasteiger partial charge on any atom is -0.468 e. The van der Waals surface area contributed by atoms with E-state index in [1.807, 2.05) is 6.08 Å².